The number of nitrogens with zero attached hydrogens (tertiary/aromatic N) is 2. The molecule has 0 aliphatic heterocycles. The van der Waals surface area contributed by atoms with E-state index in [4.69, 9.17) is 4.42 Å². The highest BCUT2D eigenvalue weighted by molar-refractivity contribution is 7.89. The Labute approximate surface area is 203 Å². The van der Waals surface area contributed by atoms with Crippen LogP contribution < -0.4 is 15.5 Å². The number of nitrogens with one attached hydrogen (secondary N) is 2. The summed E-state index contributed by atoms with van der Waals surface area (Å²) in [7, 11) is 0. The van der Waals surface area contributed by atoms with Crippen molar-refractivity contribution in [3.63, 3.8) is 0 Å². The minimum absolute atomic E-state index is 0.156. The SMILES string of the molecule is Cc1cc([C@@H](C)Nc2ccc(F)nc2C(=O)N[S+](C)[O-])c2oc(-c3cccnc3)c(C)c(=O)c2c1. The molecule has 3 heterocycles. The first kappa shape index (κ1) is 24.4. The molecular formula is C25H23FN4O4S. The van der Waals surface area contributed by atoms with Crippen molar-refractivity contribution in [1.82, 2.24) is 14.7 Å². The van der Waals surface area contributed by atoms with Crippen LogP contribution in [0.3, 0.4) is 0 Å². The molecule has 0 spiro atoms. The lowest BCUT2D eigenvalue weighted by Gasteiger charge is -2.20. The van der Waals surface area contributed by atoms with Crippen molar-refractivity contribution in [3.8, 4) is 11.3 Å². The van der Waals surface area contributed by atoms with Crippen molar-refractivity contribution in [2.45, 2.75) is 26.8 Å². The molecule has 8 nitrogen and oxygen atoms in total. The Bertz CT molecular complexity index is 1470. The number of benzene rings is 1. The van der Waals surface area contributed by atoms with Crippen molar-refractivity contribution < 1.29 is 18.2 Å². The number of fused-ring (bicyclic) bond motifs is 1. The van der Waals surface area contributed by atoms with E-state index in [-0.39, 0.29) is 16.8 Å². The first-order valence-electron chi connectivity index (χ1n) is 10.7. The number of hydrogen-bond donors (Lipinski definition) is 2. The van der Waals surface area contributed by atoms with Crippen LogP contribution in [0, 0.1) is 19.8 Å². The number of pyridine rings is 2. The minimum atomic E-state index is -1.65. The number of anilines is 1. The Kier molecular flexibility index (Phi) is 6.86. The molecule has 35 heavy (non-hydrogen) atoms. The number of halogens is 1. The second-order valence-electron chi connectivity index (χ2n) is 8.14. The zero-order valence-corrected chi connectivity index (χ0v) is 20.3. The fraction of sp³-hybridized carbons (Fsp3) is 0.200. The Morgan fingerprint density at radius 2 is 2.00 bits per heavy atom. The fourth-order valence-corrected chi connectivity index (χ4v) is 4.23. The van der Waals surface area contributed by atoms with E-state index in [9.17, 15) is 18.5 Å². The highest BCUT2D eigenvalue weighted by Gasteiger charge is 2.22. The van der Waals surface area contributed by atoms with Gasteiger partial charge in [0, 0.05) is 29.1 Å². The Morgan fingerprint density at radius 1 is 1.23 bits per heavy atom. The van der Waals surface area contributed by atoms with Crippen LogP contribution in [0.5, 0.6) is 0 Å². The van der Waals surface area contributed by atoms with Crippen LogP contribution in [0.25, 0.3) is 22.3 Å². The van der Waals surface area contributed by atoms with Gasteiger partial charge in [-0.2, -0.15) is 9.11 Å². The lowest BCUT2D eigenvalue weighted by atomic mass is 9.99. The highest BCUT2D eigenvalue weighted by Crippen LogP contribution is 2.32. The molecule has 4 aromatic rings. The normalized spacial score (nSPS) is 12.9. The van der Waals surface area contributed by atoms with Gasteiger partial charge in [-0.25, -0.2) is 4.98 Å². The van der Waals surface area contributed by atoms with Gasteiger partial charge in [-0.3, -0.25) is 14.6 Å². The molecule has 4 rings (SSSR count). The summed E-state index contributed by atoms with van der Waals surface area (Å²) < 4.78 is 33.8. The molecule has 1 amide bonds. The van der Waals surface area contributed by atoms with Gasteiger partial charge in [0.25, 0.3) is 0 Å². The molecule has 1 aromatic carbocycles. The lowest BCUT2D eigenvalue weighted by molar-refractivity contribution is 0.0976. The van der Waals surface area contributed by atoms with Crippen LogP contribution in [0.1, 0.15) is 40.1 Å². The molecular weight excluding hydrogens is 471 g/mol. The molecule has 0 bridgehead atoms. The number of hydrogen-bond acceptors (Lipinski definition) is 7. The van der Waals surface area contributed by atoms with E-state index in [0.717, 1.165) is 11.6 Å². The maximum absolute atomic E-state index is 13.8. The number of carbonyl (C=O) groups excluding carboxylic acids is 1. The van der Waals surface area contributed by atoms with Crippen molar-refractivity contribution in [2.75, 3.05) is 11.6 Å². The molecule has 2 atom stereocenters. The standard InChI is InChI=1S/C25H23FN4O4S/c1-13-10-17(15(3)28-19-7-8-20(26)29-21(19)25(32)30-35(4)33)24-18(11-13)22(31)14(2)23(34-24)16-6-5-9-27-12-16/h5-12,15,28H,1-4H3,(H,30,32)/t15-,35?/m1/s1. The Balaban J connectivity index is 1.83. The number of amides is 1. The second-order valence-corrected chi connectivity index (χ2v) is 9.25. The molecule has 10 heteroatoms. The third kappa shape index (κ3) is 5.03. The molecule has 2 N–H and O–H groups in total. The summed E-state index contributed by atoms with van der Waals surface area (Å²) in [5.41, 5.74) is 2.88. The van der Waals surface area contributed by atoms with E-state index in [1.807, 2.05) is 26.0 Å². The van der Waals surface area contributed by atoms with E-state index < -0.39 is 29.3 Å². The van der Waals surface area contributed by atoms with Gasteiger partial charge in [-0.1, -0.05) is 6.07 Å². The van der Waals surface area contributed by atoms with Crippen LogP contribution in [-0.4, -0.2) is 26.7 Å². The van der Waals surface area contributed by atoms with Crippen molar-refractivity contribution in [2.24, 2.45) is 0 Å². The van der Waals surface area contributed by atoms with Gasteiger partial charge in [0.1, 0.15) is 17.6 Å². The predicted octanol–water partition coefficient (Wildman–Crippen LogP) is 4.20. The molecule has 0 aliphatic rings. The molecule has 1 unspecified atom stereocenters. The lowest BCUT2D eigenvalue weighted by Crippen LogP contribution is -2.31. The number of rotatable bonds is 6. The van der Waals surface area contributed by atoms with Crippen LogP contribution >= 0.6 is 0 Å². The zero-order chi connectivity index (χ0) is 25.3. The number of carbonyl (C=O) groups is 1. The van der Waals surface area contributed by atoms with Gasteiger partial charge in [0.05, 0.1) is 28.5 Å². The van der Waals surface area contributed by atoms with Crippen molar-refractivity contribution in [1.29, 1.82) is 0 Å². The van der Waals surface area contributed by atoms with Crippen LogP contribution in [0.4, 0.5) is 10.1 Å². The van der Waals surface area contributed by atoms with Gasteiger partial charge in [0.2, 0.25) is 5.95 Å². The Hall–Kier alpha value is -3.76. The van der Waals surface area contributed by atoms with Crippen molar-refractivity contribution >= 4 is 33.9 Å². The molecule has 0 radical (unpaired) electrons. The average molecular weight is 495 g/mol. The maximum Gasteiger partial charge on any atom is 0.312 e. The quantitative estimate of drug-likeness (QED) is 0.304. The average Bonchev–Trinajstić information content (AvgIpc) is 2.82. The second kappa shape index (κ2) is 9.85. The summed E-state index contributed by atoms with van der Waals surface area (Å²) in [6.45, 7) is 5.40. The highest BCUT2D eigenvalue weighted by atomic mass is 32.2. The molecule has 0 saturated carbocycles. The van der Waals surface area contributed by atoms with E-state index in [2.05, 4.69) is 20.0 Å². The molecule has 180 valence electrons. The number of aromatic nitrogens is 2. The summed E-state index contributed by atoms with van der Waals surface area (Å²) in [5.74, 6) is -1.21. The number of aryl methyl sites for hydroxylation is 1. The molecule has 3 aromatic heterocycles. The molecule has 0 aliphatic carbocycles. The van der Waals surface area contributed by atoms with E-state index in [0.29, 0.717) is 33.4 Å². The monoisotopic (exact) mass is 494 g/mol. The molecule has 0 saturated heterocycles. The maximum atomic E-state index is 13.8. The van der Waals surface area contributed by atoms with E-state index in [1.54, 1.807) is 31.5 Å². The minimum Gasteiger partial charge on any atom is -0.593 e. The summed E-state index contributed by atoms with van der Waals surface area (Å²) in [6.07, 6.45) is 4.55. The van der Waals surface area contributed by atoms with Gasteiger partial charge in [-0.15, -0.1) is 0 Å². The van der Waals surface area contributed by atoms with Crippen LogP contribution in [0.2, 0.25) is 0 Å². The fourth-order valence-electron chi connectivity index (χ4n) is 3.88. The third-order valence-corrected chi connectivity index (χ3v) is 5.94. The summed E-state index contributed by atoms with van der Waals surface area (Å²) >= 11 is -1.65. The molecule has 0 fully saturated rings. The van der Waals surface area contributed by atoms with Crippen LogP contribution in [-0.2, 0) is 11.4 Å². The zero-order valence-electron chi connectivity index (χ0n) is 19.5. The first-order chi connectivity index (χ1) is 16.7. The Morgan fingerprint density at radius 3 is 2.69 bits per heavy atom. The van der Waals surface area contributed by atoms with Gasteiger partial charge < -0.3 is 14.3 Å². The third-order valence-electron chi connectivity index (χ3n) is 5.47. The van der Waals surface area contributed by atoms with Crippen LogP contribution in [0.15, 0.2) is 58.0 Å². The van der Waals surface area contributed by atoms with E-state index in [1.165, 1.54) is 12.3 Å². The van der Waals surface area contributed by atoms with Gasteiger partial charge in [-0.05, 0) is 56.7 Å². The van der Waals surface area contributed by atoms with Gasteiger partial charge >= 0.3 is 5.91 Å². The largest absolute Gasteiger partial charge is 0.593 e. The van der Waals surface area contributed by atoms with E-state index >= 15 is 0 Å². The summed E-state index contributed by atoms with van der Waals surface area (Å²) in [4.78, 5) is 33.5. The first-order valence-corrected chi connectivity index (χ1v) is 12.3. The van der Waals surface area contributed by atoms with Crippen molar-refractivity contribution in [3.05, 3.63) is 87.3 Å². The summed E-state index contributed by atoms with van der Waals surface area (Å²) in [5, 5.41) is 3.58. The predicted molar refractivity (Wildman–Crippen MR) is 133 cm³/mol. The smallest absolute Gasteiger partial charge is 0.312 e. The topological polar surface area (TPSA) is 120 Å². The summed E-state index contributed by atoms with van der Waals surface area (Å²) in [6, 6.07) is 9.24. The van der Waals surface area contributed by atoms with Gasteiger partial charge in [0.15, 0.2) is 11.1 Å².